The third-order valence-electron chi connectivity index (χ3n) is 5.61. The first-order chi connectivity index (χ1) is 16.0. The highest BCUT2D eigenvalue weighted by atomic mass is 16.2. The Morgan fingerprint density at radius 3 is 2.64 bits per heavy atom. The van der Waals surface area contributed by atoms with Crippen molar-refractivity contribution in [2.75, 3.05) is 11.1 Å². The Hall–Kier alpha value is -4.21. The number of allylic oxidation sites excluding steroid dienone is 2. The number of nitrogen functional groups attached to an aromatic ring is 1. The van der Waals surface area contributed by atoms with E-state index in [1.165, 1.54) is 6.33 Å². The molecule has 5 N–H and O–H groups in total. The van der Waals surface area contributed by atoms with Gasteiger partial charge in [-0.25, -0.2) is 19.3 Å². The zero-order valence-electron chi connectivity index (χ0n) is 18.0. The van der Waals surface area contributed by atoms with Crippen LogP contribution in [0.25, 0.3) is 5.52 Å². The van der Waals surface area contributed by atoms with Crippen LogP contribution in [0.3, 0.4) is 0 Å². The van der Waals surface area contributed by atoms with E-state index in [9.17, 15) is 9.59 Å². The molecule has 3 heterocycles. The second-order valence-corrected chi connectivity index (χ2v) is 8.23. The number of aryl methyl sites for hydroxylation is 1. The molecular formula is C23H24N8O2. The molecule has 168 valence electrons. The van der Waals surface area contributed by atoms with Gasteiger partial charge in [0.1, 0.15) is 17.7 Å². The summed E-state index contributed by atoms with van der Waals surface area (Å²) in [5, 5.41) is 12.9. The minimum atomic E-state index is -0.359. The Morgan fingerprint density at radius 1 is 1.12 bits per heavy atom. The summed E-state index contributed by atoms with van der Waals surface area (Å²) >= 11 is 0. The fraction of sp³-hybridized carbons (Fsp3) is 0.261. The minimum Gasteiger partial charge on any atom is -0.382 e. The van der Waals surface area contributed by atoms with E-state index in [4.69, 9.17) is 5.73 Å². The van der Waals surface area contributed by atoms with Crippen molar-refractivity contribution in [2.24, 2.45) is 0 Å². The summed E-state index contributed by atoms with van der Waals surface area (Å²) in [6, 6.07) is 4.98. The van der Waals surface area contributed by atoms with Gasteiger partial charge in [-0.1, -0.05) is 30.4 Å². The highest BCUT2D eigenvalue weighted by Crippen LogP contribution is 2.33. The molecular weight excluding hydrogens is 420 g/mol. The first kappa shape index (κ1) is 20.7. The number of nitrogens with two attached hydrogens (primary N) is 1. The number of aromatic nitrogens is 4. The van der Waals surface area contributed by atoms with Crippen LogP contribution in [0.1, 0.15) is 40.4 Å². The van der Waals surface area contributed by atoms with E-state index in [0.717, 1.165) is 24.1 Å². The van der Waals surface area contributed by atoms with Crippen molar-refractivity contribution in [1.82, 2.24) is 30.2 Å². The summed E-state index contributed by atoms with van der Waals surface area (Å²) in [6.45, 7) is 1.86. The van der Waals surface area contributed by atoms with Crippen LogP contribution >= 0.6 is 0 Å². The monoisotopic (exact) mass is 444 g/mol. The fourth-order valence-corrected chi connectivity index (χ4v) is 3.88. The highest BCUT2D eigenvalue weighted by Gasteiger charge is 2.29. The molecule has 3 aromatic rings. The van der Waals surface area contributed by atoms with Gasteiger partial charge in [0.05, 0.1) is 11.6 Å². The number of hydrogen-bond acceptors (Lipinski definition) is 6. The van der Waals surface area contributed by atoms with Gasteiger partial charge in [0.15, 0.2) is 5.82 Å². The van der Waals surface area contributed by atoms with Gasteiger partial charge < -0.3 is 16.4 Å². The van der Waals surface area contributed by atoms with E-state index in [2.05, 4.69) is 31.0 Å². The Balaban J connectivity index is 1.35. The summed E-state index contributed by atoms with van der Waals surface area (Å²) in [5.41, 5.74) is 8.82. The molecule has 5 rings (SSSR count). The number of fused-ring (bicyclic) bond motifs is 1. The smallest absolute Gasteiger partial charge is 0.321 e. The van der Waals surface area contributed by atoms with Gasteiger partial charge in [-0.2, -0.15) is 5.10 Å². The molecule has 0 aliphatic heterocycles. The van der Waals surface area contributed by atoms with Gasteiger partial charge in [-0.3, -0.25) is 10.1 Å². The number of hydrogen-bond donors (Lipinski definition) is 4. The number of rotatable bonds is 5. The Morgan fingerprint density at radius 2 is 1.91 bits per heavy atom. The predicted octanol–water partition coefficient (Wildman–Crippen LogP) is 2.31. The number of nitrogens with one attached hydrogen (secondary N) is 3. The van der Waals surface area contributed by atoms with Crippen LogP contribution < -0.4 is 21.7 Å². The van der Waals surface area contributed by atoms with E-state index < -0.39 is 0 Å². The van der Waals surface area contributed by atoms with Crippen molar-refractivity contribution < 1.29 is 9.59 Å². The van der Waals surface area contributed by atoms with Crippen LogP contribution in [0, 0.1) is 6.92 Å². The summed E-state index contributed by atoms with van der Waals surface area (Å²) in [5.74, 6) is 0.418. The number of urea groups is 1. The average molecular weight is 444 g/mol. The van der Waals surface area contributed by atoms with Gasteiger partial charge >= 0.3 is 6.03 Å². The Labute approximate surface area is 190 Å². The molecule has 0 saturated heterocycles. The van der Waals surface area contributed by atoms with Crippen molar-refractivity contribution in [3.8, 4) is 0 Å². The molecule has 10 heteroatoms. The predicted molar refractivity (Wildman–Crippen MR) is 124 cm³/mol. The summed E-state index contributed by atoms with van der Waals surface area (Å²) in [4.78, 5) is 33.6. The second kappa shape index (κ2) is 8.38. The normalized spacial score (nSPS) is 19.4. The number of carbonyl (C=O) groups is 2. The molecule has 1 fully saturated rings. The van der Waals surface area contributed by atoms with E-state index in [1.807, 2.05) is 43.4 Å². The SMILES string of the molecule is Cc1cccc(NC(=O)NC2C=CC(c3c(C(=O)NC4CC4)cn4ncnc(N)c34)C=C2)n1. The van der Waals surface area contributed by atoms with Crippen LogP contribution in [0.2, 0.25) is 0 Å². The maximum absolute atomic E-state index is 12.9. The Bertz CT molecular complexity index is 1280. The summed E-state index contributed by atoms with van der Waals surface area (Å²) in [7, 11) is 0. The molecule has 0 spiro atoms. The number of carbonyl (C=O) groups excluding carboxylic acids is 2. The maximum Gasteiger partial charge on any atom is 0.321 e. The van der Waals surface area contributed by atoms with E-state index in [-0.39, 0.29) is 29.9 Å². The molecule has 0 aromatic carbocycles. The van der Waals surface area contributed by atoms with Crippen molar-refractivity contribution in [3.05, 3.63) is 71.8 Å². The molecule has 0 unspecified atom stereocenters. The molecule has 0 atom stereocenters. The molecule has 2 aliphatic rings. The Kier molecular flexibility index (Phi) is 5.25. The van der Waals surface area contributed by atoms with Gasteiger partial charge in [0.25, 0.3) is 5.91 Å². The summed E-state index contributed by atoms with van der Waals surface area (Å²) < 4.78 is 1.59. The number of amides is 3. The van der Waals surface area contributed by atoms with E-state index in [1.54, 1.807) is 16.8 Å². The second-order valence-electron chi connectivity index (χ2n) is 8.23. The molecule has 2 aliphatic carbocycles. The van der Waals surface area contributed by atoms with Crippen molar-refractivity contribution in [3.63, 3.8) is 0 Å². The lowest BCUT2D eigenvalue weighted by Gasteiger charge is -2.19. The molecule has 3 aromatic heterocycles. The molecule has 10 nitrogen and oxygen atoms in total. The fourth-order valence-electron chi connectivity index (χ4n) is 3.88. The van der Waals surface area contributed by atoms with Crippen LogP contribution in [-0.4, -0.2) is 43.6 Å². The summed E-state index contributed by atoms with van der Waals surface area (Å²) in [6.07, 6.45) is 12.7. The van der Waals surface area contributed by atoms with Crippen LogP contribution in [-0.2, 0) is 0 Å². The van der Waals surface area contributed by atoms with E-state index >= 15 is 0 Å². The minimum absolute atomic E-state index is 0.149. The molecule has 0 radical (unpaired) electrons. The van der Waals surface area contributed by atoms with Crippen molar-refractivity contribution in [2.45, 2.75) is 37.8 Å². The molecule has 0 bridgehead atoms. The number of anilines is 2. The first-order valence-electron chi connectivity index (χ1n) is 10.8. The zero-order valence-corrected chi connectivity index (χ0v) is 18.0. The highest BCUT2D eigenvalue weighted by molar-refractivity contribution is 6.00. The maximum atomic E-state index is 12.9. The third-order valence-corrected chi connectivity index (χ3v) is 5.61. The lowest BCUT2D eigenvalue weighted by atomic mass is 9.91. The molecule has 33 heavy (non-hydrogen) atoms. The van der Waals surface area contributed by atoms with Crippen molar-refractivity contribution >= 4 is 29.1 Å². The van der Waals surface area contributed by atoms with E-state index in [0.29, 0.717) is 22.7 Å². The van der Waals surface area contributed by atoms with Gasteiger partial charge in [0, 0.05) is 29.4 Å². The largest absolute Gasteiger partial charge is 0.382 e. The van der Waals surface area contributed by atoms with Crippen LogP contribution in [0.5, 0.6) is 0 Å². The quantitative estimate of drug-likeness (QED) is 0.445. The van der Waals surface area contributed by atoms with Crippen LogP contribution in [0.15, 0.2) is 55.0 Å². The average Bonchev–Trinajstić information content (AvgIpc) is 3.50. The molecule has 1 saturated carbocycles. The number of nitrogens with zero attached hydrogens (tertiary/aromatic N) is 4. The van der Waals surface area contributed by atoms with Crippen LogP contribution in [0.4, 0.5) is 16.4 Å². The van der Waals surface area contributed by atoms with Gasteiger partial charge in [-0.15, -0.1) is 0 Å². The standard InChI is InChI=1S/C23H24N8O2/c1-13-3-2-4-18(27-13)30-23(33)29-16-7-5-14(6-8-16)19-17(22(32)28-15-9-10-15)11-31-20(19)21(24)25-12-26-31/h2-8,11-12,14-16H,9-10H2,1H3,(H,28,32)(H2,24,25,26)(H2,27,29,30,33). The molecule has 3 amide bonds. The van der Waals surface area contributed by atoms with Gasteiger partial charge in [-0.05, 0) is 31.9 Å². The first-order valence-corrected chi connectivity index (χ1v) is 10.8. The lowest BCUT2D eigenvalue weighted by Crippen LogP contribution is -2.36. The number of pyridine rings is 1. The lowest BCUT2D eigenvalue weighted by molar-refractivity contribution is 0.0950. The zero-order chi connectivity index (χ0) is 22.9. The van der Waals surface area contributed by atoms with Gasteiger partial charge in [0.2, 0.25) is 0 Å². The van der Waals surface area contributed by atoms with Crippen molar-refractivity contribution in [1.29, 1.82) is 0 Å². The topological polar surface area (TPSA) is 139 Å². The third kappa shape index (κ3) is 4.40.